The Bertz CT molecular complexity index is 655. The molecule has 0 spiro atoms. The van der Waals surface area contributed by atoms with E-state index >= 15 is 0 Å². The van der Waals surface area contributed by atoms with Gasteiger partial charge in [-0.2, -0.15) is 5.10 Å². The van der Waals surface area contributed by atoms with Crippen molar-refractivity contribution >= 4 is 11.6 Å². The van der Waals surface area contributed by atoms with Crippen molar-refractivity contribution in [3.63, 3.8) is 0 Å². The molecule has 2 aromatic carbocycles. The Hall–Kier alpha value is -2.42. The van der Waals surface area contributed by atoms with E-state index in [1.54, 1.807) is 0 Å². The summed E-state index contributed by atoms with van der Waals surface area (Å²) >= 11 is 0. The van der Waals surface area contributed by atoms with Crippen LogP contribution in [0.5, 0.6) is 0 Å². The molecule has 0 heterocycles. The number of amides is 1. The highest BCUT2D eigenvalue weighted by molar-refractivity contribution is 5.99. The van der Waals surface area contributed by atoms with Crippen LogP contribution in [0.2, 0.25) is 0 Å². The van der Waals surface area contributed by atoms with Crippen LogP contribution in [-0.2, 0) is 4.79 Å². The highest BCUT2D eigenvalue weighted by atomic mass is 16.2. The number of carbonyl (C=O) groups excluding carboxylic acids is 1. The van der Waals surface area contributed by atoms with Crippen LogP contribution in [-0.4, -0.2) is 11.6 Å². The van der Waals surface area contributed by atoms with Crippen molar-refractivity contribution in [2.24, 2.45) is 11.0 Å². The number of rotatable bonds is 4. The monoisotopic (exact) mass is 278 g/mol. The van der Waals surface area contributed by atoms with Crippen molar-refractivity contribution in [3.8, 4) is 11.1 Å². The molecule has 2 aromatic rings. The fourth-order valence-electron chi connectivity index (χ4n) is 2.17. The molecule has 0 radical (unpaired) electrons. The Morgan fingerprint density at radius 3 is 2.24 bits per heavy atom. The Balaban J connectivity index is 1.71. The first-order valence-corrected chi connectivity index (χ1v) is 7.24. The van der Waals surface area contributed by atoms with Gasteiger partial charge in [0.15, 0.2) is 0 Å². The van der Waals surface area contributed by atoms with Crippen LogP contribution in [0.15, 0.2) is 59.7 Å². The van der Waals surface area contributed by atoms with E-state index in [1.165, 1.54) is 11.1 Å². The number of carbonyl (C=O) groups is 1. The minimum absolute atomic E-state index is 0.0373. The molecule has 1 fully saturated rings. The number of hydrazone groups is 1. The summed E-state index contributed by atoms with van der Waals surface area (Å²) in [5.74, 6) is 0.220. The first-order chi connectivity index (χ1) is 10.2. The third-order valence-corrected chi connectivity index (χ3v) is 3.69. The Labute approximate surface area is 124 Å². The highest BCUT2D eigenvalue weighted by Gasteiger charge is 2.29. The number of nitrogens with one attached hydrogen (secondary N) is 1. The summed E-state index contributed by atoms with van der Waals surface area (Å²) in [6, 6.07) is 18.5. The van der Waals surface area contributed by atoms with E-state index in [4.69, 9.17) is 0 Å². The third-order valence-electron chi connectivity index (χ3n) is 3.69. The van der Waals surface area contributed by atoms with Crippen LogP contribution in [0.1, 0.15) is 25.3 Å². The maximum absolute atomic E-state index is 11.6. The summed E-state index contributed by atoms with van der Waals surface area (Å²) in [5, 5.41) is 4.18. The molecule has 3 rings (SSSR count). The number of nitrogens with zero attached hydrogens (tertiary/aromatic N) is 1. The summed E-state index contributed by atoms with van der Waals surface area (Å²) in [4.78, 5) is 11.6. The number of hydrogen-bond acceptors (Lipinski definition) is 2. The van der Waals surface area contributed by atoms with Crippen molar-refractivity contribution in [1.82, 2.24) is 5.43 Å². The normalized spacial score (nSPS) is 14.8. The van der Waals surface area contributed by atoms with Gasteiger partial charge in [0.2, 0.25) is 5.91 Å². The van der Waals surface area contributed by atoms with E-state index in [2.05, 4.69) is 34.8 Å². The van der Waals surface area contributed by atoms with Gasteiger partial charge in [-0.3, -0.25) is 4.79 Å². The maximum Gasteiger partial charge on any atom is 0.243 e. The zero-order valence-electron chi connectivity index (χ0n) is 12.0. The minimum Gasteiger partial charge on any atom is -0.273 e. The van der Waals surface area contributed by atoms with Gasteiger partial charge >= 0.3 is 0 Å². The van der Waals surface area contributed by atoms with Gasteiger partial charge in [0.05, 0.1) is 5.71 Å². The van der Waals surface area contributed by atoms with Crippen molar-refractivity contribution in [2.75, 3.05) is 0 Å². The second-order valence-corrected chi connectivity index (χ2v) is 5.39. The summed E-state index contributed by atoms with van der Waals surface area (Å²) in [7, 11) is 0. The predicted molar refractivity (Wildman–Crippen MR) is 85.0 cm³/mol. The fourth-order valence-corrected chi connectivity index (χ4v) is 2.17. The summed E-state index contributed by atoms with van der Waals surface area (Å²) in [6.45, 7) is 1.91. The Kier molecular flexibility index (Phi) is 3.82. The predicted octanol–water partition coefficient (Wildman–Crippen LogP) is 3.60. The molecule has 3 heteroatoms. The Morgan fingerprint density at radius 2 is 1.62 bits per heavy atom. The molecule has 1 aliphatic rings. The lowest BCUT2D eigenvalue weighted by Gasteiger charge is -2.05. The lowest BCUT2D eigenvalue weighted by atomic mass is 10.0. The molecular weight excluding hydrogens is 260 g/mol. The smallest absolute Gasteiger partial charge is 0.243 e. The Morgan fingerprint density at radius 1 is 1.00 bits per heavy atom. The second kappa shape index (κ2) is 5.92. The lowest BCUT2D eigenvalue weighted by molar-refractivity contribution is -0.122. The molecule has 0 unspecified atom stereocenters. The lowest BCUT2D eigenvalue weighted by Crippen LogP contribution is -2.20. The quantitative estimate of drug-likeness (QED) is 0.673. The molecule has 0 bridgehead atoms. The molecule has 3 nitrogen and oxygen atoms in total. The van der Waals surface area contributed by atoms with Gasteiger partial charge < -0.3 is 0 Å². The SMILES string of the molecule is C/C(=N\NC(=O)C1CC1)c1ccc(-c2ccccc2)cc1. The van der Waals surface area contributed by atoms with E-state index in [-0.39, 0.29) is 11.8 Å². The average Bonchev–Trinajstić information content (AvgIpc) is 3.38. The second-order valence-electron chi connectivity index (χ2n) is 5.39. The molecule has 0 aromatic heterocycles. The third kappa shape index (κ3) is 3.37. The highest BCUT2D eigenvalue weighted by Crippen LogP contribution is 2.28. The van der Waals surface area contributed by atoms with E-state index < -0.39 is 0 Å². The number of benzene rings is 2. The number of hydrogen-bond donors (Lipinski definition) is 1. The standard InChI is InChI=1S/C18H18N2O/c1-13(19-20-18(21)17-11-12-17)14-7-9-16(10-8-14)15-5-3-2-4-6-15/h2-10,17H,11-12H2,1H3,(H,20,21)/b19-13+. The van der Waals surface area contributed by atoms with E-state index in [0.717, 1.165) is 24.1 Å². The van der Waals surface area contributed by atoms with E-state index in [1.807, 2.05) is 37.3 Å². The molecule has 1 saturated carbocycles. The van der Waals surface area contributed by atoms with Gasteiger partial charge in [-0.25, -0.2) is 5.43 Å². The molecule has 0 atom stereocenters. The van der Waals surface area contributed by atoms with E-state index in [9.17, 15) is 4.79 Å². The van der Waals surface area contributed by atoms with Gasteiger partial charge in [0, 0.05) is 5.92 Å². The van der Waals surface area contributed by atoms with Crippen LogP contribution >= 0.6 is 0 Å². The molecule has 1 N–H and O–H groups in total. The summed E-state index contributed by atoms with van der Waals surface area (Å²) in [5.41, 5.74) is 6.85. The molecule has 1 amide bonds. The van der Waals surface area contributed by atoms with Crippen LogP contribution < -0.4 is 5.43 Å². The van der Waals surface area contributed by atoms with Gasteiger partial charge in [-0.1, -0.05) is 54.6 Å². The van der Waals surface area contributed by atoms with Crippen LogP contribution in [0.4, 0.5) is 0 Å². The van der Waals surface area contributed by atoms with Gasteiger partial charge in [0.1, 0.15) is 0 Å². The van der Waals surface area contributed by atoms with Crippen molar-refractivity contribution < 1.29 is 4.79 Å². The molecule has 21 heavy (non-hydrogen) atoms. The van der Waals surface area contributed by atoms with Crippen molar-refractivity contribution in [3.05, 3.63) is 60.2 Å². The molecule has 106 valence electrons. The van der Waals surface area contributed by atoms with Crippen LogP contribution in [0.25, 0.3) is 11.1 Å². The molecule has 0 aliphatic heterocycles. The van der Waals surface area contributed by atoms with Crippen LogP contribution in [0.3, 0.4) is 0 Å². The fraction of sp³-hybridized carbons (Fsp3) is 0.222. The summed E-state index contributed by atoms with van der Waals surface area (Å²) in [6.07, 6.45) is 1.98. The zero-order chi connectivity index (χ0) is 14.7. The first kappa shape index (κ1) is 13.6. The van der Waals surface area contributed by atoms with Gasteiger partial charge in [0.25, 0.3) is 0 Å². The first-order valence-electron chi connectivity index (χ1n) is 7.24. The maximum atomic E-state index is 11.6. The van der Waals surface area contributed by atoms with E-state index in [0.29, 0.717) is 0 Å². The topological polar surface area (TPSA) is 41.5 Å². The van der Waals surface area contributed by atoms with Gasteiger partial charge in [-0.15, -0.1) is 0 Å². The molecular formula is C18H18N2O. The zero-order valence-corrected chi connectivity index (χ0v) is 12.0. The minimum atomic E-state index is 0.0373. The molecule has 0 saturated heterocycles. The summed E-state index contributed by atoms with van der Waals surface area (Å²) < 4.78 is 0. The van der Waals surface area contributed by atoms with Gasteiger partial charge in [-0.05, 0) is 36.5 Å². The molecule has 1 aliphatic carbocycles. The average molecular weight is 278 g/mol. The van der Waals surface area contributed by atoms with Crippen molar-refractivity contribution in [1.29, 1.82) is 0 Å². The van der Waals surface area contributed by atoms with Crippen LogP contribution in [0, 0.1) is 5.92 Å². The van der Waals surface area contributed by atoms with Crippen molar-refractivity contribution in [2.45, 2.75) is 19.8 Å². The largest absolute Gasteiger partial charge is 0.273 e.